The van der Waals surface area contributed by atoms with Crippen LogP contribution in [0.1, 0.15) is 69.7 Å². The van der Waals surface area contributed by atoms with E-state index in [0.29, 0.717) is 22.8 Å². The molecule has 5 N–H and O–H groups in total. The van der Waals surface area contributed by atoms with E-state index in [2.05, 4.69) is 108 Å². The number of nitrogens with zero attached hydrogens (tertiary/aromatic N) is 1. The Morgan fingerprint density at radius 1 is 0.597 bits per heavy atom. The molecule has 0 bridgehead atoms. The zero-order valence-corrected chi connectivity index (χ0v) is 41.0. The molecule has 0 spiro atoms. The van der Waals surface area contributed by atoms with Gasteiger partial charge in [-0.05, 0) is 149 Å². The van der Waals surface area contributed by atoms with Gasteiger partial charge in [-0.3, -0.25) is 0 Å². The molecule has 2 aliphatic heterocycles. The second-order valence-electron chi connectivity index (χ2n) is 16.6. The summed E-state index contributed by atoms with van der Waals surface area (Å²) < 4.78 is 36.1. The van der Waals surface area contributed by atoms with E-state index in [1.807, 2.05) is 75.0 Å². The fraction of sp³-hybridized carbons (Fsp3) is 0.189. The van der Waals surface area contributed by atoms with E-state index in [4.69, 9.17) is 19.5 Å². The Kier molecular flexibility index (Phi) is 16.1. The molecular weight excluding hydrogens is 896 g/mol. The minimum atomic E-state index is -3.69. The van der Waals surface area contributed by atoms with Gasteiger partial charge in [-0.2, -0.15) is 18.4 Å². The molecule has 0 saturated heterocycles. The zero-order valence-electron chi connectivity index (χ0n) is 38.5. The second-order valence-corrected chi connectivity index (χ2v) is 20.4. The maximum Gasteiger partial charge on any atom is 0.488 e. The zero-order chi connectivity index (χ0) is 47.7. The highest BCUT2D eigenvalue weighted by molar-refractivity contribution is 8.00. The molecule has 0 radical (unpaired) electrons. The highest BCUT2D eigenvalue weighted by Gasteiger charge is 2.20. The van der Waals surface area contributed by atoms with Gasteiger partial charge in [0.15, 0.2) is 0 Å². The van der Waals surface area contributed by atoms with E-state index >= 15 is 0 Å². The number of rotatable bonds is 11. The topological polar surface area (TPSA) is 142 Å². The van der Waals surface area contributed by atoms with Crippen molar-refractivity contribution in [1.29, 1.82) is 0 Å². The average molecular weight is 951 g/mol. The molecule has 10 nitrogen and oxygen atoms in total. The lowest BCUT2D eigenvalue weighted by Crippen LogP contribution is -2.29. The third-order valence-electron chi connectivity index (χ3n) is 10.6. The molecule has 7 aromatic carbocycles. The number of nitrogens with one attached hydrogen (secondary N) is 3. The number of ether oxygens (including phenoxy) is 2. The number of para-hydroxylation sites is 2. The van der Waals surface area contributed by atoms with Crippen molar-refractivity contribution in [1.82, 2.24) is 4.83 Å². The maximum absolute atomic E-state index is 12.4. The van der Waals surface area contributed by atoms with Gasteiger partial charge < -0.3 is 30.2 Å². The molecule has 0 fully saturated rings. The molecule has 0 aliphatic carbocycles. The third-order valence-corrected chi connectivity index (χ3v) is 14.1. The fourth-order valence-electron chi connectivity index (χ4n) is 7.10. The molecule has 344 valence electrons. The smallest absolute Gasteiger partial charge is 0.488 e. The first-order chi connectivity index (χ1) is 32.1. The van der Waals surface area contributed by atoms with E-state index in [0.717, 1.165) is 33.1 Å². The lowest BCUT2D eigenvalue weighted by molar-refractivity contribution is 0.242. The van der Waals surface area contributed by atoms with Crippen molar-refractivity contribution in [2.75, 3.05) is 10.6 Å². The molecule has 0 amide bonds. The monoisotopic (exact) mass is 950 g/mol. The normalized spacial score (nSPS) is 12.8. The number of benzene rings is 7. The van der Waals surface area contributed by atoms with Crippen molar-refractivity contribution in [2.45, 2.75) is 91.1 Å². The summed E-state index contributed by atoms with van der Waals surface area (Å²) in [4.78, 5) is 7.37. The molecule has 14 heteroatoms. The van der Waals surface area contributed by atoms with Crippen LogP contribution in [0.4, 0.5) is 22.7 Å². The molecular formula is C53H55BN4O6S3. The second kappa shape index (κ2) is 22.1. The number of aryl methyl sites for hydroxylation is 1. The quantitative estimate of drug-likeness (QED) is 0.0483. The Bertz CT molecular complexity index is 2970. The summed E-state index contributed by atoms with van der Waals surface area (Å²) in [6.07, 6.45) is 0.275. The standard InChI is InChI=1S/C23H23NOS.C21H19N3O2S2.C9H13BO3/c1-15(2)25-19-8-6-7-17(13-19)16(3)18-11-12-23-21(14-18)24-20-9-4-5-10-22(20)26-23;1-14-7-10-17(11-8-14)28(25,26)24-23-15(2)16-9-12-21-19(13-16)22-18-5-3-4-6-20(18)27-21;1-7(2)13-9-5-3-4-8(6-9)10(11)12/h4-16,24H,1-3H3;3-13,22,24H,1-2H3;3-7,11-12H,1-2H3/b;23-15+;. The van der Waals surface area contributed by atoms with Gasteiger partial charge >= 0.3 is 7.12 Å². The summed E-state index contributed by atoms with van der Waals surface area (Å²) in [6, 6.07) is 51.1. The van der Waals surface area contributed by atoms with Gasteiger partial charge in [-0.15, -0.1) is 0 Å². The lowest BCUT2D eigenvalue weighted by atomic mass is 9.80. The van der Waals surface area contributed by atoms with Crippen LogP contribution in [0.5, 0.6) is 11.5 Å². The summed E-state index contributed by atoms with van der Waals surface area (Å²) in [5.41, 5.74) is 9.86. The van der Waals surface area contributed by atoms with Gasteiger partial charge in [0.2, 0.25) is 0 Å². The van der Waals surface area contributed by atoms with Crippen molar-refractivity contribution >= 4 is 74.6 Å². The number of hydrogen-bond donors (Lipinski definition) is 5. The molecule has 2 aliphatic rings. The Labute approximate surface area is 403 Å². The number of sulfonamides is 1. The fourth-order valence-corrected chi connectivity index (χ4v) is 9.89. The van der Waals surface area contributed by atoms with Gasteiger partial charge in [0.05, 0.1) is 45.6 Å². The maximum atomic E-state index is 12.4. The van der Waals surface area contributed by atoms with Gasteiger partial charge in [-0.1, -0.05) is 109 Å². The Morgan fingerprint density at radius 3 is 1.72 bits per heavy atom. The molecule has 9 rings (SSSR count). The van der Waals surface area contributed by atoms with E-state index < -0.39 is 17.1 Å². The molecule has 1 atom stereocenters. The first-order valence-electron chi connectivity index (χ1n) is 22.0. The van der Waals surface area contributed by atoms with Crippen LogP contribution in [0.25, 0.3) is 0 Å². The van der Waals surface area contributed by atoms with Crippen molar-refractivity contribution in [2.24, 2.45) is 5.10 Å². The lowest BCUT2D eigenvalue weighted by Gasteiger charge is -2.23. The first kappa shape index (κ1) is 48.8. The summed E-state index contributed by atoms with van der Waals surface area (Å²) in [5.74, 6) is 1.89. The van der Waals surface area contributed by atoms with Gasteiger partial charge in [0.25, 0.3) is 10.0 Å². The average Bonchev–Trinajstić information content (AvgIpc) is 3.31. The van der Waals surface area contributed by atoms with Crippen LogP contribution >= 0.6 is 23.5 Å². The van der Waals surface area contributed by atoms with Crippen molar-refractivity contribution in [3.05, 3.63) is 180 Å². The first-order valence-corrected chi connectivity index (χ1v) is 25.1. The largest absolute Gasteiger partial charge is 0.491 e. The van der Waals surface area contributed by atoms with Gasteiger partial charge in [0.1, 0.15) is 11.5 Å². The molecule has 0 saturated carbocycles. The van der Waals surface area contributed by atoms with E-state index in [9.17, 15) is 8.42 Å². The Morgan fingerprint density at radius 2 is 1.12 bits per heavy atom. The highest BCUT2D eigenvalue weighted by Crippen LogP contribution is 2.46. The highest BCUT2D eigenvalue weighted by atomic mass is 32.2. The van der Waals surface area contributed by atoms with E-state index in [1.165, 1.54) is 37.2 Å². The van der Waals surface area contributed by atoms with Crippen LogP contribution < -0.4 is 30.4 Å². The SMILES string of the molecule is C/C(=N\NS(=O)(=O)c1ccc(C)cc1)c1ccc2c(c1)Nc1ccccc1S2.CC(C)Oc1cccc(B(O)O)c1.CC(C)Oc1cccc(C(C)c2ccc3c(c2)Nc2ccccc2S3)c1. The van der Waals surface area contributed by atoms with Crippen LogP contribution in [0.3, 0.4) is 0 Å². The molecule has 2 heterocycles. The van der Waals surface area contributed by atoms with Gasteiger partial charge in [-0.25, -0.2) is 0 Å². The Balaban J connectivity index is 0.000000159. The predicted octanol–water partition coefficient (Wildman–Crippen LogP) is 11.9. The predicted molar refractivity (Wildman–Crippen MR) is 276 cm³/mol. The molecule has 7 aromatic rings. The van der Waals surface area contributed by atoms with Crippen molar-refractivity contribution in [3.8, 4) is 11.5 Å². The van der Waals surface area contributed by atoms with E-state index in [-0.39, 0.29) is 17.1 Å². The molecule has 67 heavy (non-hydrogen) atoms. The van der Waals surface area contributed by atoms with Crippen LogP contribution in [0, 0.1) is 6.92 Å². The number of anilines is 4. The number of hydrogen-bond acceptors (Lipinski definition) is 11. The van der Waals surface area contributed by atoms with Crippen LogP contribution in [-0.2, 0) is 10.0 Å². The van der Waals surface area contributed by atoms with Crippen LogP contribution in [0.2, 0.25) is 0 Å². The number of fused-ring (bicyclic) bond motifs is 4. The summed E-state index contributed by atoms with van der Waals surface area (Å²) >= 11 is 3.53. The molecule has 0 aromatic heterocycles. The van der Waals surface area contributed by atoms with Crippen molar-refractivity contribution < 1.29 is 27.9 Å². The minimum Gasteiger partial charge on any atom is -0.491 e. The summed E-state index contributed by atoms with van der Waals surface area (Å²) in [6.45, 7) is 13.9. The van der Waals surface area contributed by atoms with Gasteiger partial charge in [0, 0.05) is 25.5 Å². The van der Waals surface area contributed by atoms with Crippen LogP contribution in [-0.4, -0.2) is 43.5 Å². The number of hydrazone groups is 1. The summed E-state index contributed by atoms with van der Waals surface area (Å²) in [7, 11) is -5.13. The minimum absolute atomic E-state index is 0.0890. The van der Waals surface area contributed by atoms with E-state index in [1.54, 1.807) is 67.2 Å². The van der Waals surface area contributed by atoms with Crippen molar-refractivity contribution in [3.63, 3.8) is 0 Å². The summed E-state index contributed by atoms with van der Waals surface area (Å²) in [5, 5.41) is 28.9. The Hall–Kier alpha value is -6.16. The molecule has 1 unspecified atom stereocenters. The third kappa shape index (κ3) is 13.1. The van der Waals surface area contributed by atoms with Crippen LogP contribution in [0.15, 0.2) is 187 Å².